The number of hydrogen-bond acceptors (Lipinski definition) is 1. The number of rotatable bonds is 4. The number of aryl methyl sites for hydroxylation is 1. The lowest BCUT2D eigenvalue weighted by molar-refractivity contribution is 0.781. The summed E-state index contributed by atoms with van der Waals surface area (Å²) in [5, 5.41) is 6.53. The molecule has 2 N–H and O–H groups in total. The Morgan fingerprint density at radius 2 is 2.12 bits per heavy atom. The molecule has 1 aromatic rings. The summed E-state index contributed by atoms with van der Waals surface area (Å²) in [4.78, 5) is 4.16. The van der Waals surface area contributed by atoms with Crippen LogP contribution in [0.15, 0.2) is 29.3 Å². The third kappa shape index (κ3) is 4.34. The largest absolute Gasteiger partial charge is 0.356 e. The van der Waals surface area contributed by atoms with Crippen LogP contribution in [0.3, 0.4) is 0 Å². The summed E-state index contributed by atoms with van der Waals surface area (Å²) in [5.74, 6) is 0.864. The first-order chi connectivity index (χ1) is 7.76. The minimum atomic E-state index is 0.811. The molecule has 0 bridgehead atoms. The Kier molecular flexibility index (Phi) is 5.40. The van der Waals surface area contributed by atoms with Gasteiger partial charge in [-0.25, -0.2) is 0 Å². The monoisotopic (exact) mass is 219 g/mol. The molecule has 0 atom stereocenters. The van der Waals surface area contributed by atoms with Crippen molar-refractivity contribution in [2.24, 2.45) is 4.99 Å². The van der Waals surface area contributed by atoms with Gasteiger partial charge >= 0.3 is 0 Å². The molecule has 0 saturated carbocycles. The third-order valence-electron chi connectivity index (χ3n) is 2.31. The van der Waals surface area contributed by atoms with Gasteiger partial charge in [0.1, 0.15) is 0 Å². The molecule has 0 radical (unpaired) electrons. The molecule has 1 aromatic carbocycles. The highest BCUT2D eigenvalue weighted by Gasteiger charge is 1.97. The number of benzene rings is 1. The van der Waals surface area contributed by atoms with Gasteiger partial charge in [0.05, 0.1) is 0 Å². The normalized spacial score (nSPS) is 11.3. The van der Waals surface area contributed by atoms with Gasteiger partial charge in [-0.15, -0.1) is 0 Å². The molecule has 0 aromatic heterocycles. The fourth-order valence-corrected chi connectivity index (χ4v) is 1.47. The minimum Gasteiger partial charge on any atom is -0.356 e. The highest BCUT2D eigenvalue weighted by atomic mass is 15.2. The zero-order valence-electron chi connectivity index (χ0n) is 10.4. The zero-order chi connectivity index (χ0) is 11.8. The van der Waals surface area contributed by atoms with Crippen molar-refractivity contribution in [2.75, 3.05) is 13.6 Å². The smallest absolute Gasteiger partial charge is 0.191 e. The number of aliphatic imine (C=N–C) groups is 1. The van der Waals surface area contributed by atoms with Crippen LogP contribution in [0.5, 0.6) is 0 Å². The molecule has 3 nitrogen and oxygen atoms in total. The van der Waals surface area contributed by atoms with Crippen molar-refractivity contribution in [3.05, 3.63) is 35.4 Å². The number of hydrogen-bond donors (Lipinski definition) is 2. The van der Waals surface area contributed by atoms with Crippen molar-refractivity contribution in [1.82, 2.24) is 10.6 Å². The molecule has 0 aliphatic heterocycles. The molecule has 88 valence electrons. The van der Waals surface area contributed by atoms with E-state index in [0.29, 0.717) is 0 Å². The highest BCUT2D eigenvalue weighted by Crippen LogP contribution is 2.02. The maximum Gasteiger partial charge on any atom is 0.191 e. The second-order valence-electron chi connectivity index (χ2n) is 3.84. The molecule has 0 spiro atoms. The lowest BCUT2D eigenvalue weighted by atomic mass is 10.1. The molecule has 0 saturated heterocycles. The van der Waals surface area contributed by atoms with E-state index in [1.54, 1.807) is 7.05 Å². The van der Waals surface area contributed by atoms with Gasteiger partial charge < -0.3 is 10.6 Å². The van der Waals surface area contributed by atoms with Gasteiger partial charge in [0, 0.05) is 20.1 Å². The maximum absolute atomic E-state index is 4.16. The fourth-order valence-electron chi connectivity index (χ4n) is 1.47. The Hall–Kier alpha value is -1.51. The molecule has 0 unspecified atom stereocenters. The summed E-state index contributed by atoms with van der Waals surface area (Å²) in [6, 6.07) is 8.48. The summed E-state index contributed by atoms with van der Waals surface area (Å²) < 4.78 is 0. The molecular weight excluding hydrogens is 198 g/mol. The summed E-state index contributed by atoms with van der Waals surface area (Å²) in [6.07, 6.45) is 1.10. The average molecular weight is 219 g/mol. The number of nitrogens with zero attached hydrogens (tertiary/aromatic N) is 1. The summed E-state index contributed by atoms with van der Waals surface area (Å²) >= 11 is 0. The van der Waals surface area contributed by atoms with E-state index in [9.17, 15) is 0 Å². The van der Waals surface area contributed by atoms with Crippen LogP contribution in [0.2, 0.25) is 0 Å². The lowest BCUT2D eigenvalue weighted by Crippen LogP contribution is -2.37. The van der Waals surface area contributed by atoms with Crippen LogP contribution in [0, 0.1) is 6.92 Å². The van der Waals surface area contributed by atoms with Crippen LogP contribution < -0.4 is 10.6 Å². The molecule has 0 aliphatic carbocycles. The Labute approximate surface area is 98.0 Å². The van der Waals surface area contributed by atoms with E-state index in [0.717, 1.165) is 25.5 Å². The van der Waals surface area contributed by atoms with Gasteiger partial charge in [-0.3, -0.25) is 4.99 Å². The van der Waals surface area contributed by atoms with E-state index in [-0.39, 0.29) is 0 Å². The first kappa shape index (κ1) is 12.6. The van der Waals surface area contributed by atoms with Crippen molar-refractivity contribution in [2.45, 2.75) is 26.8 Å². The zero-order valence-corrected chi connectivity index (χ0v) is 10.4. The van der Waals surface area contributed by atoms with Gasteiger partial charge in [-0.1, -0.05) is 36.8 Å². The molecule has 1 rings (SSSR count). The standard InChI is InChI=1S/C13H21N3/c1-4-8-15-13(14-3)16-10-12-7-5-6-11(2)9-12/h5-7,9H,4,8,10H2,1-3H3,(H2,14,15,16). The topological polar surface area (TPSA) is 36.4 Å². The average Bonchev–Trinajstić information content (AvgIpc) is 2.29. The molecule has 0 heterocycles. The first-order valence-corrected chi connectivity index (χ1v) is 5.76. The molecular formula is C13H21N3. The van der Waals surface area contributed by atoms with Gasteiger partial charge in [0.25, 0.3) is 0 Å². The summed E-state index contributed by atoms with van der Waals surface area (Å²) in [5.41, 5.74) is 2.57. The van der Waals surface area contributed by atoms with E-state index in [4.69, 9.17) is 0 Å². The third-order valence-corrected chi connectivity index (χ3v) is 2.31. The van der Waals surface area contributed by atoms with E-state index >= 15 is 0 Å². The predicted molar refractivity (Wildman–Crippen MR) is 69.7 cm³/mol. The van der Waals surface area contributed by atoms with Crippen molar-refractivity contribution in [1.29, 1.82) is 0 Å². The van der Waals surface area contributed by atoms with Gasteiger partial charge in [0.15, 0.2) is 5.96 Å². The van der Waals surface area contributed by atoms with Gasteiger partial charge in [0.2, 0.25) is 0 Å². The van der Waals surface area contributed by atoms with Crippen LogP contribution in [0.1, 0.15) is 24.5 Å². The second-order valence-corrected chi connectivity index (χ2v) is 3.84. The Morgan fingerprint density at radius 3 is 2.75 bits per heavy atom. The SMILES string of the molecule is CCCNC(=NC)NCc1cccc(C)c1. The quantitative estimate of drug-likeness (QED) is 0.601. The van der Waals surface area contributed by atoms with Crippen LogP contribution in [-0.2, 0) is 6.54 Å². The van der Waals surface area contributed by atoms with E-state index < -0.39 is 0 Å². The highest BCUT2D eigenvalue weighted by molar-refractivity contribution is 5.79. The Bertz CT molecular complexity index is 345. The number of nitrogens with one attached hydrogen (secondary N) is 2. The van der Waals surface area contributed by atoms with E-state index in [1.807, 2.05) is 0 Å². The van der Waals surface area contributed by atoms with Crippen LogP contribution in [0.4, 0.5) is 0 Å². The Balaban J connectivity index is 2.43. The van der Waals surface area contributed by atoms with Gasteiger partial charge in [-0.2, -0.15) is 0 Å². The number of guanidine groups is 1. The van der Waals surface area contributed by atoms with Crippen LogP contribution in [0.25, 0.3) is 0 Å². The van der Waals surface area contributed by atoms with Crippen LogP contribution in [-0.4, -0.2) is 19.6 Å². The summed E-state index contributed by atoms with van der Waals surface area (Å²) in [6.45, 7) is 6.01. The van der Waals surface area contributed by atoms with E-state index in [1.165, 1.54) is 11.1 Å². The predicted octanol–water partition coefficient (Wildman–Crippen LogP) is 2.07. The molecule has 0 amide bonds. The molecule has 0 fully saturated rings. The molecule has 16 heavy (non-hydrogen) atoms. The van der Waals surface area contributed by atoms with Crippen molar-refractivity contribution < 1.29 is 0 Å². The minimum absolute atomic E-state index is 0.811. The Morgan fingerprint density at radius 1 is 1.31 bits per heavy atom. The molecule has 0 aliphatic rings. The first-order valence-electron chi connectivity index (χ1n) is 5.76. The second kappa shape index (κ2) is 6.88. The fraction of sp³-hybridized carbons (Fsp3) is 0.462. The van der Waals surface area contributed by atoms with Crippen molar-refractivity contribution in [3.8, 4) is 0 Å². The van der Waals surface area contributed by atoms with Crippen LogP contribution >= 0.6 is 0 Å². The van der Waals surface area contributed by atoms with Crippen molar-refractivity contribution >= 4 is 5.96 Å². The van der Waals surface area contributed by atoms with Crippen molar-refractivity contribution in [3.63, 3.8) is 0 Å². The lowest BCUT2D eigenvalue weighted by Gasteiger charge is -2.11. The maximum atomic E-state index is 4.16. The molecule has 3 heteroatoms. The van der Waals surface area contributed by atoms with Gasteiger partial charge in [-0.05, 0) is 18.9 Å². The summed E-state index contributed by atoms with van der Waals surface area (Å²) in [7, 11) is 1.79. The van der Waals surface area contributed by atoms with E-state index in [2.05, 4.69) is 53.7 Å².